The number of carbonyl (C=O) groups excluding carboxylic acids is 1. The Labute approximate surface area is 178 Å². The molecule has 0 aliphatic carbocycles. The summed E-state index contributed by atoms with van der Waals surface area (Å²) in [6, 6.07) is 13.9. The summed E-state index contributed by atoms with van der Waals surface area (Å²) in [6.07, 6.45) is 2.31. The SMILES string of the molecule is Cc1nc(-c2c(F)cccc2F)sc1C(=O)NCC(c1ccccc1)N1CCCC1. The van der Waals surface area contributed by atoms with Crippen LogP contribution in [0.25, 0.3) is 10.6 Å². The van der Waals surface area contributed by atoms with Crippen LogP contribution in [0.1, 0.15) is 39.8 Å². The summed E-state index contributed by atoms with van der Waals surface area (Å²) < 4.78 is 28.2. The third kappa shape index (κ3) is 4.27. The van der Waals surface area contributed by atoms with Crippen molar-refractivity contribution in [3.8, 4) is 10.6 Å². The zero-order chi connectivity index (χ0) is 21.1. The maximum Gasteiger partial charge on any atom is 0.263 e. The molecule has 1 amide bonds. The van der Waals surface area contributed by atoms with Crippen molar-refractivity contribution >= 4 is 17.2 Å². The molecule has 1 aromatic heterocycles. The van der Waals surface area contributed by atoms with Gasteiger partial charge in [0.15, 0.2) is 0 Å². The van der Waals surface area contributed by atoms with Crippen LogP contribution in [0.3, 0.4) is 0 Å². The fraction of sp³-hybridized carbons (Fsp3) is 0.304. The fourth-order valence-electron chi connectivity index (χ4n) is 3.87. The lowest BCUT2D eigenvalue weighted by molar-refractivity contribution is 0.0941. The largest absolute Gasteiger partial charge is 0.349 e. The molecule has 1 fully saturated rings. The second-order valence-electron chi connectivity index (χ2n) is 7.41. The summed E-state index contributed by atoms with van der Waals surface area (Å²) in [5.74, 6) is -1.64. The lowest BCUT2D eigenvalue weighted by atomic mass is 10.1. The first kappa shape index (κ1) is 20.6. The number of aromatic nitrogens is 1. The van der Waals surface area contributed by atoms with E-state index >= 15 is 0 Å². The number of benzene rings is 2. The molecular weight excluding hydrogens is 404 g/mol. The van der Waals surface area contributed by atoms with Gasteiger partial charge in [0.05, 0.1) is 17.3 Å². The molecule has 1 saturated heterocycles. The van der Waals surface area contributed by atoms with Gasteiger partial charge >= 0.3 is 0 Å². The van der Waals surface area contributed by atoms with Gasteiger partial charge in [0.2, 0.25) is 0 Å². The average Bonchev–Trinajstić information content (AvgIpc) is 3.39. The van der Waals surface area contributed by atoms with Gasteiger partial charge in [0.25, 0.3) is 5.91 Å². The molecule has 1 N–H and O–H groups in total. The van der Waals surface area contributed by atoms with Gasteiger partial charge in [-0.2, -0.15) is 0 Å². The van der Waals surface area contributed by atoms with Crippen LogP contribution in [0.4, 0.5) is 8.78 Å². The molecule has 1 aliphatic rings. The molecule has 7 heteroatoms. The van der Waals surface area contributed by atoms with E-state index in [4.69, 9.17) is 0 Å². The van der Waals surface area contributed by atoms with Crippen LogP contribution in [-0.2, 0) is 0 Å². The first-order chi connectivity index (χ1) is 14.5. The number of amides is 1. The predicted molar refractivity (Wildman–Crippen MR) is 115 cm³/mol. The Morgan fingerprint density at radius 3 is 2.43 bits per heavy atom. The van der Waals surface area contributed by atoms with E-state index < -0.39 is 11.6 Å². The fourth-order valence-corrected chi connectivity index (χ4v) is 4.90. The molecule has 0 bridgehead atoms. The minimum absolute atomic E-state index is 0.0920. The highest BCUT2D eigenvalue weighted by molar-refractivity contribution is 7.17. The van der Waals surface area contributed by atoms with Gasteiger partial charge in [-0.05, 0) is 50.6 Å². The molecule has 4 nitrogen and oxygen atoms in total. The van der Waals surface area contributed by atoms with Crippen molar-refractivity contribution in [1.82, 2.24) is 15.2 Å². The smallest absolute Gasteiger partial charge is 0.263 e. The van der Waals surface area contributed by atoms with Crippen molar-refractivity contribution in [2.75, 3.05) is 19.6 Å². The van der Waals surface area contributed by atoms with Crippen molar-refractivity contribution in [3.05, 3.63) is 76.3 Å². The Hall–Kier alpha value is -2.64. The normalized spacial score (nSPS) is 15.3. The molecule has 4 rings (SSSR count). The molecule has 0 radical (unpaired) electrons. The predicted octanol–water partition coefficient (Wildman–Crippen LogP) is 4.96. The molecule has 2 heterocycles. The molecule has 3 aromatic rings. The summed E-state index contributed by atoms with van der Waals surface area (Å²) in [5.41, 5.74) is 1.44. The van der Waals surface area contributed by atoms with Gasteiger partial charge in [0.1, 0.15) is 21.5 Å². The second-order valence-corrected chi connectivity index (χ2v) is 8.41. The number of rotatable bonds is 6. The van der Waals surface area contributed by atoms with Gasteiger partial charge < -0.3 is 5.32 Å². The number of thiazole rings is 1. The number of hydrogen-bond donors (Lipinski definition) is 1. The van der Waals surface area contributed by atoms with Crippen LogP contribution in [-0.4, -0.2) is 35.4 Å². The maximum absolute atomic E-state index is 14.1. The quantitative estimate of drug-likeness (QED) is 0.605. The van der Waals surface area contributed by atoms with E-state index in [9.17, 15) is 13.6 Å². The van der Waals surface area contributed by atoms with Crippen LogP contribution >= 0.6 is 11.3 Å². The van der Waals surface area contributed by atoms with E-state index in [1.165, 1.54) is 18.2 Å². The van der Waals surface area contributed by atoms with Crippen LogP contribution in [0.5, 0.6) is 0 Å². The molecule has 30 heavy (non-hydrogen) atoms. The molecule has 156 valence electrons. The number of aryl methyl sites for hydroxylation is 1. The summed E-state index contributed by atoms with van der Waals surface area (Å²) in [7, 11) is 0. The third-order valence-electron chi connectivity index (χ3n) is 5.40. The minimum Gasteiger partial charge on any atom is -0.349 e. The highest BCUT2D eigenvalue weighted by Gasteiger charge is 2.25. The van der Waals surface area contributed by atoms with Crippen LogP contribution in [0, 0.1) is 18.6 Å². The van der Waals surface area contributed by atoms with Crippen molar-refractivity contribution in [2.45, 2.75) is 25.8 Å². The topological polar surface area (TPSA) is 45.2 Å². The summed E-state index contributed by atoms with van der Waals surface area (Å²) >= 11 is 1.01. The summed E-state index contributed by atoms with van der Waals surface area (Å²) in [4.78, 5) is 19.9. The van der Waals surface area contributed by atoms with Gasteiger partial charge in [0, 0.05) is 6.54 Å². The number of carbonyl (C=O) groups is 1. The van der Waals surface area contributed by atoms with Crippen molar-refractivity contribution in [2.24, 2.45) is 0 Å². The summed E-state index contributed by atoms with van der Waals surface area (Å²) in [6.45, 7) is 4.16. The number of halogens is 2. The number of hydrogen-bond acceptors (Lipinski definition) is 4. The first-order valence-electron chi connectivity index (χ1n) is 10.0. The molecule has 0 saturated carbocycles. The molecule has 2 aromatic carbocycles. The highest BCUT2D eigenvalue weighted by atomic mass is 32.1. The standard InChI is InChI=1S/C23H23F2N3OS/c1-15-21(30-23(27-15)20-17(24)10-7-11-18(20)25)22(29)26-14-19(28-12-5-6-13-28)16-8-3-2-4-9-16/h2-4,7-11,19H,5-6,12-14H2,1H3,(H,26,29). The molecule has 0 spiro atoms. The van der Waals surface area contributed by atoms with Crippen molar-refractivity contribution < 1.29 is 13.6 Å². The number of nitrogens with one attached hydrogen (secondary N) is 1. The zero-order valence-corrected chi connectivity index (χ0v) is 17.5. The van der Waals surface area contributed by atoms with E-state index in [1.54, 1.807) is 6.92 Å². The van der Waals surface area contributed by atoms with Crippen LogP contribution in [0.2, 0.25) is 0 Å². The van der Waals surface area contributed by atoms with Crippen LogP contribution < -0.4 is 5.32 Å². The van der Waals surface area contributed by atoms with Crippen molar-refractivity contribution in [1.29, 1.82) is 0 Å². The van der Waals surface area contributed by atoms with E-state index in [0.29, 0.717) is 17.1 Å². The molecular formula is C23H23F2N3OS. The van der Waals surface area contributed by atoms with Gasteiger partial charge in [-0.15, -0.1) is 11.3 Å². The Morgan fingerprint density at radius 1 is 1.10 bits per heavy atom. The average molecular weight is 428 g/mol. The lowest BCUT2D eigenvalue weighted by Crippen LogP contribution is -2.36. The minimum atomic E-state index is -0.686. The Morgan fingerprint density at radius 2 is 1.77 bits per heavy atom. The van der Waals surface area contributed by atoms with Gasteiger partial charge in [-0.3, -0.25) is 9.69 Å². The third-order valence-corrected chi connectivity index (χ3v) is 6.57. The lowest BCUT2D eigenvalue weighted by Gasteiger charge is -2.28. The Bertz CT molecular complexity index is 1010. The maximum atomic E-state index is 14.1. The summed E-state index contributed by atoms with van der Waals surface area (Å²) in [5, 5.41) is 3.19. The number of nitrogens with zero attached hydrogens (tertiary/aromatic N) is 2. The van der Waals surface area contributed by atoms with E-state index in [0.717, 1.165) is 42.8 Å². The van der Waals surface area contributed by atoms with E-state index in [1.807, 2.05) is 18.2 Å². The first-order valence-corrected chi connectivity index (χ1v) is 10.8. The van der Waals surface area contributed by atoms with Crippen molar-refractivity contribution in [3.63, 3.8) is 0 Å². The second kappa shape index (κ2) is 9.02. The molecule has 1 aliphatic heterocycles. The Kier molecular flexibility index (Phi) is 6.20. The molecule has 1 atom stereocenters. The van der Waals surface area contributed by atoms with E-state index in [2.05, 4.69) is 27.3 Å². The highest BCUT2D eigenvalue weighted by Crippen LogP contribution is 2.32. The van der Waals surface area contributed by atoms with Crippen LogP contribution in [0.15, 0.2) is 48.5 Å². The molecule has 1 unspecified atom stereocenters. The number of likely N-dealkylation sites (tertiary alicyclic amines) is 1. The van der Waals surface area contributed by atoms with E-state index in [-0.39, 0.29) is 22.5 Å². The monoisotopic (exact) mass is 427 g/mol. The van der Waals surface area contributed by atoms with Gasteiger partial charge in [-0.25, -0.2) is 13.8 Å². The zero-order valence-electron chi connectivity index (χ0n) is 16.7. The van der Waals surface area contributed by atoms with Gasteiger partial charge in [-0.1, -0.05) is 36.4 Å². The Balaban J connectivity index is 1.53.